The van der Waals surface area contributed by atoms with Gasteiger partial charge in [0.2, 0.25) is 10.0 Å². The van der Waals surface area contributed by atoms with Crippen LogP contribution in [0, 0.1) is 5.92 Å². The molecule has 1 atom stereocenters. The maximum Gasteiger partial charge on any atom is 0.242 e. The summed E-state index contributed by atoms with van der Waals surface area (Å²) in [6, 6.07) is 3.52. The number of rotatable bonds is 6. The van der Waals surface area contributed by atoms with E-state index in [1.165, 1.54) is 18.3 Å². The highest BCUT2D eigenvalue weighted by Crippen LogP contribution is 2.18. The second-order valence-corrected chi connectivity index (χ2v) is 7.39. The van der Waals surface area contributed by atoms with Crippen molar-refractivity contribution in [3.8, 4) is 0 Å². The number of nitrogens with zero attached hydrogens (tertiary/aromatic N) is 2. The van der Waals surface area contributed by atoms with E-state index < -0.39 is 10.0 Å². The van der Waals surface area contributed by atoms with Crippen LogP contribution in [0.5, 0.6) is 0 Å². The number of likely N-dealkylation sites (tertiary alicyclic amines) is 1. The van der Waals surface area contributed by atoms with Gasteiger partial charge in [-0.2, -0.15) is 0 Å². The average Bonchev–Trinajstić information content (AvgIpc) is 2.94. The van der Waals surface area contributed by atoms with Gasteiger partial charge < -0.3 is 10.3 Å². The van der Waals surface area contributed by atoms with Crippen molar-refractivity contribution in [1.82, 2.24) is 14.6 Å². The minimum atomic E-state index is -3.51. The van der Waals surface area contributed by atoms with Crippen LogP contribution in [-0.2, 0) is 10.0 Å². The molecule has 0 amide bonds. The van der Waals surface area contributed by atoms with Crippen LogP contribution in [0.2, 0.25) is 0 Å². The van der Waals surface area contributed by atoms with Crippen molar-refractivity contribution in [3.05, 3.63) is 18.3 Å². The van der Waals surface area contributed by atoms with Gasteiger partial charge in [0.25, 0.3) is 0 Å². The van der Waals surface area contributed by atoms with Crippen LogP contribution in [0.3, 0.4) is 0 Å². The summed E-state index contributed by atoms with van der Waals surface area (Å²) in [5, 5.41) is 0. The molecule has 1 aromatic rings. The van der Waals surface area contributed by atoms with Gasteiger partial charge >= 0.3 is 0 Å². The number of aromatic nitrogens is 1. The number of nitrogen functional groups attached to an aromatic ring is 1. The molecule has 0 aromatic carbocycles. The third-order valence-electron chi connectivity index (χ3n) is 3.80. The normalized spacial score (nSPS) is 20.1. The van der Waals surface area contributed by atoms with E-state index in [1.807, 2.05) is 0 Å². The molecule has 2 rings (SSSR count). The lowest BCUT2D eigenvalue weighted by molar-refractivity contribution is 0.265. The number of nitrogens with one attached hydrogen (secondary N) is 2. The molecular weight excluding hydrogens is 290 g/mol. The van der Waals surface area contributed by atoms with Crippen LogP contribution >= 0.6 is 0 Å². The van der Waals surface area contributed by atoms with E-state index in [0.29, 0.717) is 24.3 Å². The first-order valence-electron chi connectivity index (χ1n) is 7.09. The first-order valence-corrected chi connectivity index (χ1v) is 8.57. The predicted octanol–water partition coefficient (Wildman–Crippen LogP) is 0.376. The Morgan fingerprint density at radius 1 is 1.48 bits per heavy atom. The van der Waals surface area contributed by atoms with Gasteiger partial charge in [-0.3, -0.25) is 0 Å². The molecule has 2 heterocycles. The summed E-state index contributed by atoms with van der Waals surface area (Å²) in [5.41, 5.74) is 2.37. The molecule has 1 aliphatic heterocycles. The van der Waals surface area contributed by atoms with E-state index in [1.54, 1.807) is 0 Å². The number of anilines is 1. The molecule has 7 nitrogen and oxygen atoms in total. The highest BCUT2D eigenvalue weighted by molar-refractivity contribution is 7.89. The van der Waals surface area contributed by atoms with Gasteiger partial charge in [-0.15, -0.1) is 0 Å². The van der Waals surface area contributed by atoms with Gasteiger partial charge in [-0.1, -0.05) is 0 Å². The summed E-state index contributed by atoms with van der Waals surface area (Å²) in [6.07, 6.45) is 2.32. The summed E-state index contributed by atoms with van der Waals surface area (Å²) < 4.78 is 27.0. The van der Waals surface area contributed by atoms with E-state index in [-0.39, 0.29) is 4.90 Å². The largest absolute Gasteiger partial charge is 0.308 e. The predicted molar refractivity (Wildman–Crippen MR) is 82.1 cm³/mol. The van der Waals surface area contributed by atoms with E-state index in [4.69, 9.17) is 5.84 Å². The van der Waals surface area contributed by atoms with Crippen LogP contribution in [0.15, 0.2) is 23.2 Å². The summed E-state index contributed by atoms with van der Waals surface area (Å²) in [7, 11) is -3.51. The first-order chi connectivity index (χ1) is 9.92. The molecule has 1 aromatic heterocycles. The fraction of sp³-hybridized carbons (Fsp3) is 0.615. The van der Waals surface area contributed by atoms with Gasteiger partial charge in [-0.25, -0.2) is 24.0 Å². The molecule has 0 aliphatic carbocycles. The number of hydrogen-bond acceptors (Lipinski definition) is 6. The highest BCUT2D eigenvalue weighted by atomic mass is 32.2. The summed E-state index contributed by atoms with van der Waals surface area (Å²) >= 11 is 0. The van der Waals surface area contributed by atoms with Crippen LogP contribution in [0.25, 0.3) is 0 Å². The molecule has 118 valence electrons. The number of hydrazine groups is 1. The number of hydrogen-bond donors (Lipinski definition) is 3. The first kappa shape index (κ1) is 16.2. The minimum Gasteiger partial charge on any atom is -0.308 e. The Balaban J connectivity index is 1.92. The standard InChI is InChI=1S/C13H23N5O2S/c1-10(2)18-6-5-11(9-18)7-16-21(19,20)12-3-4-13(17-14)15-8-12/h3-4,8,10-11,16H,5-7,9,14H2,1-2H3,(H,15,17). The van der Waals surface area contributed by atoms with Gasteiger partial charge in [-0.05, 0) is 44.9 Å². The molecule has 0 spiro atoms. The van der Waals surface area contributed by atoms with Crippen molar-refractivity contribution in [2.24, 2.45) is 11.8 Å². The number of nitrogens with two attached hydrogens (primary N) is 1. The maximum absolute atomic E-state index is 12.2. The molecule has 0 radical (unpaired) electrons. The lowest BCUT2D eigenvalue weighted by Gasteiger charge is -2.20. The molecule has 21 heavy (non-hydrogen) atoms. The van der Waals surface area contributed by atoms with Crippen molar-refractivity contribution < 1.29 is 8.42 Å². The van der Waals surface area contributed by atoms with Crippen LogP contribution in [0.1, 0.15) is 20.3 Å². The van der Waals surface area contributed by atoms with Crippen LogP contribution in [-0.4, -0.2) is 44.0 Å². The third kappa shape index (κ3) is 4.13. The lowest BCUT2D eigenvalue weighted by Crippen LogP contribution is -2.33. The minimum absolute atomic E-state index is 0.153. The van der Waals surface area contributed by atoms with Crippen molar-refractivity contribution in [2.75, 3.05) is 25.1 Å². The van der Waals surface area contributed by atoms with Crippen molar-refractivity contribution in [2.45, 2.75) is 31.2 Å². The number of sulfonamides is 1. The molecule has 0 bridgehead atoms. The molecule has 1 saturated heterocycles. The van der Waals surface area contributed by atoms with Gasteiger partial charge in [0.05, 0.1) is 0 Å². The summed E-state index contributed by atoms with van der Waals surface area (Å²) in [6.45, 7) is 6.75. The second kappa shape index (κ2) is 6.69. The second-order valence-electron chi connectivity index (χ2n) is 5.62. The van der Waals surface area contributed by atoms with Gasteiger partial charge in [0.1, 0.15) is 10.7 Å². The monoisotopic (exact) mass is 313 g/mol. The van der Waals surface area contributed by atoms with Gasteiger partial charge in [0, 0.05) is 25.3 Å². The zero-order valence-corrected chi connectivity index (χ0v) is 13.2. The molecule has 1 unspecified atom stereocenters. The maximum atomic E-state index is 12.2. The molecule has 1 fully saturated rings. The average molecular weight is 313 g/mol. The Morgan fingerprint density at radius 3 is 2.76 bits per heavy atom. The van der Waals surface area contributed by atoms with E-state index in [0.717, 1.165) is 19.5 Å². The Labute approximate surface area is 125 Å². The Hall–Kier alpha value is -1.22. The topological polar surface area (TPSA) is 100 Å². The Kier molecular flexibility index (Phi) is 5.15. The van der Waals surface area contributed by atoms with E-state index in [9.17, 15) is 8.42 Å². The molecule has 0 saturated carbocycles. The SMILES string of the molecule is CC(C)N1CCC(CNS(=O)(=O)c2ccc(NN)nc2)C1. The number of pyridine rings is 1. The van der Waals surface area contributed by atoms with Crippen LogP contribution < -0.4 is 16.0 Å². The smallest absolute Gasteiger partial charge is 0.242 e. The van der Waals surface area contributed by atoms with E-state index >= 15 is 0 Å². The highest BCUT2D eigenvalue weighted by Gasteiger charge is 2.25. The lowest BCUT2D eigenvalue weighted by atomic mass is 10.1. The molecule has 1 aliphatic rings. The van der Waals surface area contributed by atoms with E-state index in [2.05, 4.69) is 33.9 Å². The summed E-state index contributed by atoms with van der Waals surface area (Å²) in [4.78, 5) is 6.43. The van der Waals surface area contributed by atoms with Crippen molar-refractivity contribution in [1.29, 1.82) is 0 Å². The fourth-order valence-corrected chi connectivity index (χ4v) is 3.49. The zero-order valence-electron chi connectivity index (χ0n) is 12.4. The van der Waals surface area contributed by atoms with Gasteiger partial charge in [0.15, 0.2) is 0 Å². The Bertz CT molecular complexity index is 558. The molecular formula is C13H23N5O2S. The molecule has 8 heteroatoms. The summed E-state index contributed by atoms with van der Waals surface area (Å²) in [5.74, 6) is 5.99. The van der Waals surface area contributed by atoms with Crippen molar-refractivity contribution in [3.63, 3.8) is 0 Å². The molecule has 4 N–H and O–H groups in total. The quantitative estimate of drug-likeness (QED) is 0.518. The van der Waals surface area contributed by atoms with Crippen LogP contribution in [0.4, 0.5) is 5.82 Å². The Morgan fingerprint density at radius 2 is 2.24 bits per heavy atom. The van der Waals surface area contributed by atoms with Crippen molar-refractivity contribution >= 4 is 15.8 Å². The zero-order chi connectivity index (χ0) is 15.5. The third-order valence-corrected chi connectivity index (χ3v) is 5.21. The fourth-order valence-electron chi connectivity index (χ4n) is 2.43.